The molecular formula is C17H20ClN5O4S. The summed E-state index contributed by atoms with van der Waals surface area (Å²) >= 11 is 5.98. The Hall–Kier alpha value is -2.69. The van der Waals surface area contributed by atoms with Gasteiger partial charge in [0.05, 0.1) is 15.6 Å². The fourth-order valence-corrected chi connectivity index (χ4v) is 2.87. The molecule has 2 rings (SSSR count). The van der Waals surface area contributed by atoms with Crippen LogP contribution >= 0.6 is 11.6 Å². The number of hydrogen-bond acceptors (Lipinski definition) is 7. The van der Waals surface area contributed by atoms with Crippen molar-refractivity contribution in [3.63, 3.8) is 0 Å². The minimum Gasteiger partial charge on any atom is -0.479 e. The molecule has 11 heteroatoms. The molecule has 0 aliphatic rings. The van der Waals surface area contributed by atoms with Crippen LogP contribution in [0.2, 0.25) is 5.02 Å². The van der Waals surface area contributed by atoms with Gasteiger partial charge in [-0.15, -0.1) is 5.11 Å². The SMILES string of the molecule is CC(Oc1ccc(S(N)(=O)=O)cc1Cl)C(=O)NN=Nc1ccc(N(C)C)cc1. The Balaban J connectivity index is 1.95. The van der Waals surface area contributed by atoms with E-state index in [-0.39, 0.29) is 15.7 Å². The second kappa shape index (κ2) is 9.00. The fraction of sp³-hybridized carbons (Fsp3) is 0.235. The maximum atomic E-state index is 12.1. The van der Waals surface area contributed by atoms with Crippen LogP contribution in [0.3, 0.4) is 0 Å². The minimum absolute atomic E-state index is 0.00813. The van der Waals surface area contributed by atoms with Gasteiger partial charge in [0.25, 0.3) is 5.91 Å². The second-order valence-corrected chi connectivity index (χ2v) is 7.95. The summed E-state index contributed by atoms with van der Waals surface area (Å²) in [7, 11) is -0.0352. The van der Waals surface area contributed by atoms with E-state index in [2.05, 4.69) is 15.8 Å². The van der Waals surface area contributed by atoms with Gasteiger partial charge in [-0.05, 0) is 49.4 Å². The van der Waals surface area contributed by atoms with Crippen LogP contribution in [0.4, 0.5) is 11.4 Å². The molecule has 2 aromatic carbocycles. The summed E-state index contributed by atoms with van der Waals surface area (Å²) in [4.78, 5) is 13.9. The molecule has 0 aliphatic heterocycles. The van der Waals surface area contributed by atoms with Crippen molar-refractivity contribution in [2.45, 2.75) is 17.9 Å². The van der Waals surface area contributed by atoms with Gasteiger partial charge in [-0.1, -0.05) is 16.8 Å². The normalized spacial score (nSPS) is 12.6. The summed E-state index contributed by atoms with van der Waals surface area (Å²) in [5, 5.41) is 12.6. The molecule has 1 amide bonds. The zero-order valence-electron chi connectivity index (χ0n) is 15.5. The fourth-order valence-electron chi connectivity index (χ4n) is 2.04. The molecule has 3 N–H and O–H groups in total. The van der Waals surface area contributed by atoms with E-state index in [0.717, 1.165) is 11.8 Å². The molecule has 2 aromatic rings. The van der Waals surface area contributed by atoms with Gasteiger partial charge in [-0.3, -0.25) is 4.79 Å². The van der Waals surface area contributed by atoms with Crippen molar-refractivity contribution in [2.75, 3.05) is 19.0 Å². The van der Waals surface area contributed by atoms with Crippen molar-refractivity contribution >= 4 is 38.9 Å². The van der Waals surface area contributed by atoms with Crippen molar-refractivity contribution in [2.24, 2.45) is 15.5 Å². The molecule has 1 atom stereocenters. The van der Waals surface area contributed by atoms with Crippen molar-refractivity contribution in [1.29, 1.82) is 0 Å². The number of carbonyl (C=O) groups is 1. The largest absolute Gasteiger partial charge is 0.479 e. The second-order valence-electron chi connectivity index (χ2n) is 5.98. The highest BCUT2D eigenvalue weighted by atomic mass is 35.5. The summed E-state index contributed by atoms with van der Waals surface area (Å²) in [5.41, 5.74) is 3.85. The molecule has 28 heavy (non-hydrogen) atoms. The van der Waals surface area contributed by atoms with E-state index < -0.39 is 22.0 Å². The van der Waals surface area contributed by atoms with Gasteiger partial charge < -0.3 is 9.64 Å². The smallest absolute Gasteiger partial charge is 0.282 e. The lowest BCUT2D eigenvalue weighted by molar-refractivity contribution is -0.127. The predicted octanol–water partition coefficient (Wildman–Crippen LogP) is 2.64. The van der Waals surface area contributed by atoms with Crippen LogP contribution in [0.15, 0.2) is 57.7 Å². The summed E-state index contributed by atoms with van der Waals surface area (Å²) in [6.45, 7) is 1.49. The molecule has 0 saturated carbocycles. The van der Waals surface area contributed by atoms with Crippen LogP contribution in [-0.4, -0.2) is 34.5 Å². The van der Waals surface area contributed by atoms with E-state index in [1.54, 1.807) is 12.1 Å². The monoisotopic (exact) mass is 425 g/mol. The van der Waals surface area contributed by atoms with E-state index >= 15 is 0 Å². The highest BCUT2D eigenvalue weighted by Crippen LogP contribution is 2.27. The van der Waals surface area contributed by atoms with Gasteiger partial charge >= 0.3 is 0 Å². The highest BCUT2D eigenvalue weighted by Gasteiger charge is 2.17. The molecule has 0 bridgehead atoms. The van der Waals surface area contributed by atoms with Gasteiger partial charge in [-0.2, -0.15) is 0 Å². The Morgan fingerprint density at radius 1 is 1.21 bits per heavy atom. The summed E-state index contributed by atoms with van der Waals surface area (Å²) in [6.07, 6.45) is -0.951. The first-order valence-corrected chi connectivity index (χ1v) is 9.97. The molecule has 0 aliphatic carbocycles. The third-order valence-corrected chi connectivity index (χ3v) is 4.80. The zero-order valence-corrected chi connectivity index (χ0v) is 17.0. The number of halogens is 1. The van der Waals surface area contributed by atoms with Crippen LogP contribution in [0.25, 0.3) is 0 Å². The van der Waals surface area contributed by atoms with Crippen molar-refractivity contribution in [3.8, 4) is 5.75 Å². The number of ether oxygens (including phenoxy) is 1. The molecular weight excluding hydrogens is 406 g/mol. The number of amides is 1. The summed E-state index contributed by atoms with van der Waals surface area (Å²) < 4.78 is 28.0. The lowest BCUT2D eigenvalue weighted by atomic mass is 10.3. The molecule has 0 aromatic heterocycles. The van der Waals surface area contributed by atoms with Gasteiger partial charge in [0, 0.05) is 19.8 Å². The molecule has 0 fully saturated rings. The Labute approximate surface area is 168 Å². The number of sulfonamides is 1. The molecule has 9 nitrogen and oxygen atoms in total. The number of benzene rings is 2. The lowest BCUT2D eigenvalue weighted by Crippen LogP contribution is -2.33. The topological polar surface area (TPSA) is 126 Å². The van der Waals surface area contributed by atoms with Gasteiger partial charge in [0.2, 0.25) is 10.0 Å². The lowest BCUT2D eigenvalue weighted by Gasteiger charge is -2.14. The van der Waals surface area contributed by atoms with Crippen LogP contribution in [0, 0.1) is 0 Å². The maximum Gasteiger partial charge on any atom is 0.282 e. The van der Waals surface area contributed by atoms with Crippen LogP contribution in [0.1, 0.15) is 6.92 Å². The number of primary sulfonamides is 1. The zero-order chi connectivity index (χ0) is 20.9. The first-order chi connectivity index (χ1) is 13.1. The Morgan fingerprint density at radius 3 is 2.39 bits per heavy atom. The molecule has 1 unspecified atom stereocenters. The number of anilines is 1. The van der Waals surface area contributed by atoms with Crippen molar-refractivity contribution in [1.82, 2.24) is 5.43 Å². The van der Waals surface area contributed by atoms with E-state index in [9.17, 15) is 13.2 Å². The number of nitrogens with one attached hydrogen (secondary N) is 1. The van der Waals surface area contributed by atoms with Gasteiger partial charge in [-0.25, -0.2) is 19.0 Å². The maximum absolute atomic E-state index is 12.1. The van der Waals surface area contributed by atoms with E-state index in [0.29, 0.717) is 5.69 Å². The average Bonchev–Trinajstić information content (AvgIpc) is 2.62. The summed E-state index contributed by atoms with van der Waals surface area (Å²) in [5.74, 6) is -0.423. The average molecular weight is 426 g/mol. The minimum atomic E-state index is -3.88. The Kier molecular flexibility index (Phi) is 6.95. The van der Waals surface area contributed by atoms with E-state index in [1.165, 1.54) is 19.1 Å². The van der Waals surface area contributed by atoms with Crippen LogP contribution in [-0.2, 0) is 14.8 Å². The van der Waals surface area contributed by atoms with Gasteiger partial charge in [0.15, 0.2) is 6.10 Å². The third kappa shape index (κ3) is 5.91. The number of rotatable bonds is 7. The first kappa shape index (κ1) is 21.6. The molecule has 150 valence electrons. The van der Waals surface area contributed by atoms with E-state index in [4.69, 9.17) is 21.5 Å². The quantitative estimate of drug-likeness (QED) is 0.520. The van der Waals surface area contributed by atoms with Crippen molar-refractivity contribution in [3.05, 3.63) is 47.5 Å². The third-order valence-electron chi connectivity index (χ3n) is 3.60. The first-order valence-electron chi connectivity index (χ1n) is 8.05. The van der Waals surface area contributed by atoms with Crippen LogP contribution < -0.4 is 20.2 Å². The Bertz CT molecular complexity index is 978. The molecule has 0 heterocycles. The molecule has 0 radical (unpaired) electrons. The number of nitrogens with two attached hydrogens (primary N) is 1. The highest BCUT2D eigenvalue weighted by molar-refractivity contribution is 7.89. The Morgan fingerprint density at radius 2 is 1.86 bits per heavy atom. The van der Waals surface area contributed by atoms with Crippen molar-refractivity contribution < 1.29 is 17.9 Å². The number of carbonyl (C=O) groups excluding carboxylic acids is 1. The predicted molar refractivity (Wildman–Crippen MR) is 106 cm³/mol. The van der Waals surface area contributed by atoms with E-state index in [1.807, 2.05) is 31.1 Å². The molecule has 0 spiro atoms. The number of nitrogens with zero attached hydrogens (tertiary/aromatic N) is 3. The standard InChI is InChI=1S/C17H20ClN5O4S/c1-11(27-16-9-8-14(10-15(16)18)28(19,25)26)17(24)21-22-20-12-4-6-13(7-5-12)23(2)3/h4-11H,1-3H3,(H2,19,25,26)(H,20,21,24). The summed E-state index contributed by atoms with van der Waals surface area (Å²) in [6, 6.07) is 11.0. The van der Waals surface area contributed by atoms with Gasteiger partial charge in [0.1, 0.15) is 5.75 Å². The number of hydrogen-bond donors (Lipinski definition) is 2. The van der Waals surface area contributed by atoms with Crippen LogP contribution in [0.5, 0.6) is 5.75 Å². The molecule has 0 saturated heterocycles.